The molecule has 1 atom stereocenters. The molecule has 3 aromatic rings. The minimum absolute atomic E-state index is 0.153. The molecule has 3 N–H and O–H groups in total. The molecule has 2 aromatic carbocycles. The first-order valence-corrected chi connectivity index (χ1v) is 8.62. The minimum atomic E-state index is -0.472. The Balaban J connectivity index is 1.30. The van der Waals surface area contributed by atoms with Crippen molar-refractivity contribution in [3.63, 3.8) is 0 Å². The summed E-state index contributed by atoms with van der Waals surface area (Å²) in [5.41, 5.74) is 7.85. The van der Waals surface area contributed by atoms with Crippen LogP contribution < -0.4 is 10.9 Å². The summed E-state index contributed by atoms with van der Waals surface area (Å²) in [6, 6.07) is 17.3. The summed E-state index contributed by atoms with van der Waals surface area (Å²) in [4.78, 5) is 32.8. The highest BCUT2D eigenvalue weighted by atomic mass is 16.6. The lowest BCUT2D eigenvalue weighted by molar-refractivity contribution is -0.125. The Morgan fingerprint density at radius 1 is 1.07 bits per heavy atom. The zero-order valence-corrected chi connectivity index (χ0v) is 14.4. The molecule has 136 valence electrons. The predicted molar refractivity (Wildman–Crippen MR) is 101 cm³/mol. The fourth-order valence-electron chi connectivity index (χ4n) is 3.05. The van der Waals surface area contributed by atoms with Crippen molar-refractivity contribution in [3.05, 3.63) is 71.9 Å². The molecule has 7 nitrogen and oxygen atoms in total. The Kier molecular flexibility index (Phi) is 4.57. The van der Waals surface area contributed by atoms with Crippen molar-refractivity contribution in [2.75, 3.05) is 0 Å². The van der Waals surface area contributed by atoms with Crippen molar-refractivity contribution in [1.82, 2.24) is 15.8 Å². The Morgan fingerprint density at radius 3 is 2.70 bits per heavy atom. The summed E-state index contributed by atoms with van der Waals surface area (Å²) in [6.45, 7) is 0. The van der Waals surface area contributed by atoms with E-state index < -0.39 is 5.91 Å². The van der Waals surface area contributed by atoms with Crippen molar-refractivity contribution in [1.29, 1.82) is 0 Å². The number of para-hydroxylation sites is 1. The van der Waals surface area contributed by atoms with E-state index in [1.807, 2.05) is 54.6 Å². The molecule has 1 aliphatic heterocycles. The van der Waals surface area contributed by atoms with Gasteiger partial charge < -0.3 is 9.82 Å². The maximum Gasteiger partial charge on any atom is 0.287 e. The molecule has 0 saturated heterocycles. The van der Waals surface area contributed by atoms with E-state index in [4.69, 9.17) is 4.84 Å². The smallest absolute Gasteiger partial charge is 0.287 e. The number of hydrogen-bond acceptors (Lipinski definition) is 4. The van der Waals surface area contributed by atoms with Crippen molar-refractivity contribution in [3.8, 4) is 0 Å². The molecule has 2 heterocycles. The summed E-state index contributed by atoms with van der Waals surface area (Å²) in [5, 5.41) is 4.82. The second-order valence-corrected chi connectivity index (χ2v) is 6.29. The predicted octanol–water partition coefficient (Wildman–Crippen LogP) is 2.38. The Hall–Kier alpha value is -3.61. The van der Waals surface area contributed by atoms with Crippen molar-refractivity contribution < 1.29 is 14.4 Å². The molecule has 0 spiro atoms. The highest BCUT2D eigenvalue weighted by Gasteiger charge is 2.27. The number of nitrogens with zero attached hydrogens (tertiary/aromatic N) is 1. The van der Waals surface area contributed by atoms with Gasteiger partial charge in [-0.15, -0.1) is 0 Å². The number of hydrogen-bond donors (Lipinski definition) is 3. The Morgan fingerprint density at radius 2 is 1.85 bits per heavy atom. The molecule has 1 unspecified atom stereocenters. The number of carbonyl (C=O) groups excluding carboxylic acids is 2. The molecule has 0 aliphatic carbocycles. The van der Waals surface area contributed by atoms with Gasteiger partial charge in [0, 0.05) is 23.5 Å². The van der Waals surface area contributed by atoms with Gasteiger partial charge in [0.1, 0.15) is 0 Å². The first-order chi connectivity index (χ1) is 13.2. The molecular formula is C20H18N4O3. The molecule has 4 rings (SSSR count). The van der Waals surface area contributed by atoms with Crippen LogP contribution in [0.4, 0.5) is 0 Å². The lowest BCUT2D eigenvalue weighted by Gasteiger charge is -2.08. The van der Waals surface area contributed by atoms with Gasteiger partial charge in [-0.25, -0.2) is 0 Å². The quantitative estimate of drug-likeness (QED) is 0.622. The zero-order valence-electron chi connectivity index (χ0n) is 14.4. The molecule has 1 aliphatic rings. The second-order valence-electron chi connectivity index (χ2n) is 6.29. The molecule has 0 fully saturated rings. The fourth-order valence-corrected chi connectivity index (χ4v) is 3.05. The Labute approximate surface area is 155 Å². The minimum Gasteiger partial charge on any atom is -0.387 e. The number of aromatic nitrogens is 1. The number of rotatable bonds is 4. The second kappa shape index (κ2) is 7.33. The lowest BCUT2D eigenvalue weighted by Crippen LogP contribution is -2.45. The van der Waals surface area contributed by atoms with E-state index in [1.54, 1.807) is 6.20 Å². The highest BCUT2D eigenvalue weighted by molar-refractivity contribution is 6.39. The van der Waals surface area contributed by atoms with Crippen LogP contribution in [-0.2, 0) is 20.8 Å². The van der Waals surface area contributed by atoms with Gasteiger partial charge in [-0.05, 0) is 17.2 Å². The number of fused-ring (bicyclic) bond motifs is 1. The van der Waals surface area contributed by atoms with Gasteiger partial charge in [0.05, 0.1) is 6.42 Å². The number of hydrazine groups is 1. The molecule has 0 bridgehead atoms. The highest BCUT2D eigenvalue weighted by Crippen LogP contribution is 2.26. The van der Waals surface area contributed by atoms with Crippen LogP contribution in [0.1, 0.15) is 23.7 Å². The van der Waals surface area contributed by atoms with E-state index in [2.05, 4.69) is 21.0 Å². The lowest BCUT2D eigenvalue weighted by atomic mass is 10.0. The van der Waals surface area contributed by atoms with Crippen LogP contribution in [0.25, 0.3) is 10.9 Å². The third-order valence-electron chi connectivity index (χ3n) is 4.44. The summed E-state index contributed by atoms with van der Waals surface area (Å²) in [5.74, 6) is -0.784. The van der Waals surface area contributed by atoms with Crippen LogP contribution in [0.5, 0.6) is 0 Å². The van der Waals surface area contributed by atoms with Crippen LogP contribution in [0.15, 0.2) is 65.9 Å². The van der Waals surface area contributed by atoms with E-state index in [0.717, 1.165) is 22.0 Å². The standard InChI is InChI=1S/C20H18N4O3/c25-19(10-14-12-21-16-9-5-4-8-15(14)16)22-23-20(26)17-11-18(27-24-17)13-6-2-1-3-7-13/h1-9,12,18,21H,10-11H2,(H,22,25)(H,23,26). The molecule has 0 saturated carbocycles. The van der Waals surface area contributed by atoms with Gasteiger partial charge in [-0.2, -0.15) is 0 Å². The SMILES string of the molecule is O=C(Cc1c[nH]c2ccccc12)NNC(=O)C1=NOC(c2ccccc2)C1. The number of amides is 2. The number of aromatic amines is 1. The summed E-state index contributed by atoms with van der Waals surface area (Å²) in [6.07, 6.45) is 2.02. The van der Waals surface area contributed by atoms with E-state index in [-0.39, 0.29) is 24.1 Å². The van der Waals surface area contributed by atoms with E-state index >= 15 is 0 Å². The van der Waals surface area contributed by atoms with E-state index in [0.29, 0.717) is 6.42 Å². The monoisotopic (exact) mass is 362 g/mol. The van der Waals surface area contributed by atoms with Crippen LogP contribution in [0.3, 0.4) is 0 Å². The Bertz CT molecular complexity index is 1010. The van der Waals surface area contributed by atoms with Crippen molar-refractivity contribution in [2.45, 2.75) is 18.9 Å². The van der Waals surface area contributed by atoms with Gasteiger partial charge in [0.15, 0.2) is 11.8 Å². The number of benzene rings is 2. The molecular weight excluding hydrogens is 344 g/mol. The van der Waals surface area contributed by atoms with E-state index in [1.165, 1.54) is 0 Å². The molecule has 27 heavy (non-hydrogen) atoms. The fraction of sp³-hybridized carbons (Fsp3) is 0.150. The molecule has 0 radical (unpaired) electrons. The maximum absolute atomic E-state index is 12.2. The average Bonchev–Trinajstić information content (AvgIpc) is 3.35. The average molecular weight is 362 g/mol. The maximum atomic E-state index is 12.2. The van der Waals surface area contributed by atoms with Crippen LogP contribution in [0.2, 0.25) is 0 Å². The van der Waals surface area contributed by atoms with Gasteiger partial charge in [0.2, 0.25) is 5.91 Å². The van der Waals surface area contributed by atoms with Gasteiger partial charge in [0.25, 0.3) is 5.91 Å². The summed E-state index contributed by atoms with van der Waals surface area (Å²) >= 11 is 0. The number of H-pyrrole nitrogens is 1. The molecule has 2 amide bonds. The van der Waals surface area contributed by atoms with Crippen LogP contribution in [-0.4, -0.2) is 22.5 Å². The summed E-state index contributed by atoms with van der Waals surface area (Å²) < 4.78 is 0. The third-order valence-corrected chi connectivity index (χ3v) is 4.44. The number of nitrogens with one attached hydrogen (secondary N) is 3. The first kappa shape index (κ1) is 16.8. The number of oxime groups is 1. The van der Waals surface area contributed by atoms with Crippen LogP contribution in [0, 0.1) is 0 Å². The van der Waals surface area contributed by atoms with Crippen molar-refractivity contribution >= 4 is 28.4 Å². The zero-order chi connectivity index (χ0) is 18.6. The molecule has 1 aromatic heterocycles. The van der Waals surface area contributed by atoms with Gasteiger partial charge in [-0.1, -0.05) is 53.7 Å². The van der Waals surface area contributed by atoms with Crippen molar-refractivity contribution in [2.24, 2.45) is 5.16 Å². The first-order valence-electron chi connectivity index (χ1n) is 8.62. The summed E-state index contributed by atoms with van der Waals surface area (Å²) in [7, 11) is 0. The third kappa shape index (κ3) is 3.67. The van der Waals surface area contributed by atoms with Crippen LogP contribution >= 0.6 is 0 Å². The van der Waals surface area contributed by atoms with E-state index in [9.17, 15) is 9.59 Å². The normalized spacial score (nSPS) is 15.9. The topological polar surface area (TPSA) is 95.6 Å². The molecule has 7 heteroatoms. The van der Waals surface area contributed by atoms with Gasteiger partial charge >= 0.3 is 0 Å². The largest absolute Gasteiger partial charge is 0.387 e. The van der Waals surface area contributed by atoms with Gasteiger partial charge in [-0.3, -0.25) is 20.4 Å². The number of carbonyl (C=O) groups is 2.